The summed E-state index contributed by atoms with van der Waals surface area (Å²) in [4.78, 5) is 23.6. The second-order valence-corrected chi connectivity index (χ2v) is 8.91. The van der Waals surface area contributed by atoms with Crippen molar-refractivity contribution in [1.82, 2.24) is 0 Å². The van der Waals surface area contributed by atoms with Gasteiger partial charge in [0, 0.05) is 12.5 Å². The van der Waals surface area contributed by atoms with Crippen LogP contribution in [0.1, 0.15) is 46.5 Å². The third kappa shape index (κ3) is 3.17. The predicted octanol–water partition coefficient (Wildman–Crippen LogP) is 2.99. The fraction of sp³-hybridized carbons (Fsp3) is 0.800. The van der Waals surface area contributed by atoms with Crippen LogP contribution in [-0.4, -0.2) is 30.1 Å². The van der Waals surface area contributed by atoms with Crippen LogP contribution in [0.4, 0.5) is 0 Å². The van der Waals surface area contributed by atoms with Crippen molar-refractivity contribution in [2.24, 2.45) is 40.9 Å². The van der Waals surface area contributed by atoms with Gasteiger partial charge >= 0.3 is 5.97 Å². The van der Waals surface area contributed by atoms with Crippen LogP contribution in [0.15, 0.2) is 12.2 Å². The van der Waals surface area contributed by atoms with E-state index in [1.807, 2.05) is 20.8 Å². The number of aldehydes is 1. The second-order valence-electron chi connectivity index (χ2n) is 8.91. The molecule has 2 fully saturated rings. The van der Waals surface area contributed by atoms with Crippen molar-refractivity contribution in [3.8, 4) is 0 Å². The standard InChI is InChI=1S/C20H30O4/c1-20(2,3)19(23)24-14-8-12-4-5-16-15(6-7-21)13(11-22)9-18(16)17(12)10-14/h4-5,11-18,21H,6-10H2,1-3H3/t12-,13?,14-,15-,16+,17-,18-/m1/s1. The van der Waals surface area contributed by atoms with Gasteiger partial charge in [-0.1, -0.05) is 12.2 Å². The molecule has 0 aromatic heterocycles. The molecule has 0 radical (unpaired) electrons. The highest BCUT2D eigenvalue weighted by Gasteiger charge is 2.51. The van der Waals surface area contributed by atoms with E-state index in [1.165, 1.54) is 0 Å². The van der Waals surface area contributed by atoms with Gasteiger partial charge in [0.15, 0.2) is 0 Å². The SMILES string of the molecule is CC(C)(C)C(=O)O[C@H]1C[C@H]2[C@@H]3CC(C=O)[C@@H](CCO)[C@@H]3C=C[C@@H]2C1. The number of esters is 1. The van der Waals surface area contributed by atoms with Crippen LogP contribution in [-0.2, 0) is 14.3 Å². The average Bonchev–Trinajstić information content (AvgIpc) is 3.07. The Labute approximate surface area is 144 Å². The monoisotopic (exact) mass is 334 g/mol. The lowest BCUT2D eigenvalue weighted by Gasteiger charge is -2.33. The Morgan fingerprint density at radius 2 is 1.96 bits per heavy atom. The van der Waals surface area contributed by atoms with Crippen LogP contribution in [0.2, 0.25) is 0 Å². The zero-order chi connectivity index (χ0) is 17.5. The minimum absolute atomic E-state index is 0.00157. The molecule has 1 N–H and O–H groups in total. The van der Waals surface area contributed by atoms with Crippen molar-refractivity contribution < 1.29 is 19.4 Å². The summed E-state index contributed by atoms with van der Waals surface area (Å²) in [5.74, 6) is 2.06. The van der Waals surface area contributed by atoms with Crippen molar-refractivity contribution in [2.75, 3.05) is 6.61 Å². The molecule has 0 aromatic carbocycles. The maximum absolute atomic E-state index is 12.2. The molecule has 7 atom stereocenters. The normalized spacial score (nSPS) is 40.9. The molecule has 0 aliphatic heterocycles. The molecule has 4 nitrogen and oxygen atoms in total. The fourth-order valence-corrected chi connectivity index (χ4v) is 5.17. The summed E-state index contributed by atoms with van der Waals surface area (Å²) in [6, 6.07) is 0. The molecule has 0 saturated heterocycles. The van der Waals surface area contributed by atoms with Crippen molar-refractivity contribution in [3.05, 3.63) is 12.2 Å². The minimum Gasteiger partial charge on any atom is -0.462 e. The molecule has 4 heteroatoms. The van der Waals surface area contributed by atoms with E-state index in [2.05, 4.69) is 12.2 Å². The van der Waals surface area contributed by atoms with Crippen molar-refractivity contribution in [1.29, 1.82) is 0 Å². The van der Waals surface area contributed by atoms with Crippen LogP contribution in [0, 0.1) is 40.9 Å². The first-order chi connectivity index (χ1) is 11.3. The molecule has 134 valence electrons. The zero-order valence-electron chi connectivity index (χ0n) is 15.0. The summed E-state index contributed by atoms with van der Waals surface area (Å²) in [7, 11) is 0. The Kier molecular flexibility index (Phi) is 4.87. The van der Waals surface area contributed by atoms with E-state index in [0.717, 1.165) is 25.5 Å². The van der Waals surface area contributed by atoms with E-state index in [4.69, 9.17) is 4.74 Å². The van der Waals surface area contributed by atoms with Gasteiger partial charge in [0.1, 0.15) is 12.4 Å². The van der Waals surface area contributed by atoms with Crippen LogP contribution in [0.25, 0.3) is 0 Å². The van der Waals surface area contributed by atoms with Gasteiger partial charge in [0.2, 0.25) is 0 Å². The summed E-state index contributed by atoms with van der Waals surface area (Å²) in [6.45, 7) is 5.81. The molecule has 1 unspecified atom stereocenters. The molecule has 0 heterocycles. The smallest absolute Gasteiger partial charge is 0.311 e. The third-order valence-corrected chi connectivity index (χ3v) is 6.36. The molecule has 2 saturated carbocycles. The van der Waals surface area contributed by atoms with Crippen LogP contribution in [0.3, 0.4) is 0 Å². The molecule has 3 aliphatic rings. The van der Waals surface area contributed by atoms with Gasteiger partial charge in [-0.25, -0.2) is 0 Å². The summed E-state index contributed by atoms with van der Waals surface area (Å²) in [5, 5.41) is 9.34. The lowest BCUT2D eigenvalue weighted by molar-refractivity contribution is -0.158. The average molecular weight is 334 g/mol. The number of hydrogen-bond acceptors (Lipinski definition) is 4. The Bertz CT molecular complexity index is 518. The summed E-state index contributed by atoms with van der Waals surface area (Å²) in [5.41, 5.74) is -0.464. The van der Waals surface area contributed by atoms with Crippen molar-refractivity contribution in [3.63, 3.8) is 0 Å². The van der Waals surface area contributed by atoms with Crippen molar-refractivity contribution in [2.45, 2.75) is 52.6 Å². The van der Waals surface area contributed by atoms with E-state index >= 15 is 0 Å². The minimum atomic E-state index is -0.464. The van der Waals surface area contributed by atoms with E-state index in [1.54, 1.807) is 0 Å². The quantitative estimate of drug-likeness (QED) is 0.488. The Morgan fingerprint density at radius 1 is 1.21 bits per heavy atom. The van der Waals surface area contributed by atoms with Crippen LogP contribution in [0.5, 0.6) is 0 Å². The number of ether oxygens (including phenoxy) is 1. The number of aliphatic hydroxyl groups is 1. The largest absolute Gasteiger partial charge is 0.462 e. The second kappa shape index (κ2) is 6.62. The summed E-state index contributed by atoms with van der Waals surface area (Å²) < 4.78 is 5.76. The Morgan fingerprint density at radius 3 is 2.58 bits per heavy atom. The first-order valence-corrected chi connectivity index (χ1v) is 9.30. The molecule has 0 spiro atoms. The van der Waals surface area contributed by atoms with Crippen molar-refractivity contribution >= 4 is 12.3 Å². The molecular weight excluding hydrogens is 304 g/mol. The van der Waals surface area contributed by atoms with E-state index in [9.17, 15) is 14.7 Å². The number of hydrogen-bond donors (Lipinski definition) is 1. The summed E-state index contributed by atoms with van der Waals surface area (Å²) >= 11 is 0. The Hall–Kier alpha value is -1.16. The molecule has 0 bridgehead atoms. The van der Waals surface area contributed by atoms with Crippen LogP contribution >= 0.6 is 0 Å². The molecular formula is C20H30O4. The van der Waals surface area contributed by atoms with E-state index in [-0.39, 0.29) is 30.5 Å². The van der Waals surface area contributed by atoms with Gasteiger partial charge in [-0.15, -0.1) is 0 Å². The Balaban J connectivity index is 1.70. The van der Waals surface area contributed by atoms with E-state index in [0.29, 0.717) is 30.1 Å². The maximum atomic E-state index is 12.2. The third-order valence-electron chi connectivity index (χ3n) is 6.36. The van der Waals surface area contributed by atoms with Gasteiger partial charge in [-0.2, -0.15) is 0 Å². The number of carbonyl (C=O) groups excluding carboxylic acids is 2. The fourth-order valence-electron chi connectivity index (χ4n) is 5.17. The molecule has 24 heavy (non-hydrogen) atoms. The van der Waals surface area contributed by atoms with Gasteiger partial charge < -0.3 is 14.6 Å². The molecule has 3 aliphatic carbocycles. The number of rotatable bonds is 4. The molecule has 0 amide bonds. The maximum Gasteiger partial charge on any atom is 0.311 e. The predicted molar refractivity (Wildman–Crippen MR) is 91.0 cm³/mol. The summed E-state index contributed by atoms with van der Waals surface area (Å²) in [6.07, 6.45) is 9.10. The number of carbonyl (C=O) groups is 2. The van der Waals surface area contributed by atoms with E-state index < -0.39 is 5.41 Å². The first-order valence-electron chi connectivity index (χ1n) is 9.30. The molecule has 0 aromatic rings. The van der Waals surface area contributed by atoms with Gasteiger partial charge in [0.05, 0.1) is 5.41 Å². The first kappa shape index (κ1) is 17.7. The lowest BCUT2D eigenvalue weighted by Crippen LogP contribution is -2.28. The highest BCUT2D eigenvalue weighted by atomic mass is 16.5. The zero-order valence-corrected chi connectivity index (χ0v) is 15.0. The van der Waals surface area contributed by atoms with Gasteiger partial charge in [-0.3, -0.25) is 4.79 Å². The number of fused-ring (bicyclic) bond motifs is 3. The lowest BCUT2D eigenvalue weighted by atomic mass is 9.71. The van der Waals surface area contributed by atoms with Gasteiger partial charge in [-0.05, 0) is 76.0 Å². The highest BCUT2D eigenvalue weighted by molar-refractivity contribution is 5.75. The topological polar surface area (TPSA) is 63.6 Å². The van der Waals surface area contributed by atoms with Gasteiger partial charge in [0.25, 0.3) is 0 Å². The number of allylic oxidation sites excluding steroid dienone is 2. The molecule has 3 rings (SSSR count). The number of aliphatic hydroxyl groups excluding tert-OH is 1. The van der Waals surface area contributed by atoms with Crippen LogP contribution < -0.4 is 0 Å². The highest BCUT2D eigenvalue weighted by Crippen LogP contribution is 2.55.